The Labute approximate surface area is 131 Å². The van der Waals surface area contributed by atoms with Gasteiger partial charge in [-0.25, -0.2) is 0 Å². The molecule has 22 heavy (non-hydrogen) atoms. The molecule has 116 valence electrons. The van der Waals surface area contributed by atoms with Gasteiger partial charge in [0.15, 0.2) is 0 Å². The van der Waals surface area contributed by atoms with Crippen LogP contribution < -0.4 is 0 Å². The predicted octanol–water partition coefficient (Wildman–Crippen LogP) is 3.87. The summed E-state index contributed by atoms with van der Waals surface area (Å²) < 4.78 is 5.15. The molecule has 0 spiro atoms. The van der Waals surface area contributed by atoms with E-state index in [1.807, 2.05) is 44.2 Å². The van der Waals surface area contributed by atoms with Crippen LogP contribution in [0.25, 0.3) is 0 Å². The van der Waals surface area contributed by atoms with Gasteiger partial charge in [0.05, 0.1) is 6.10 Å². The number of carbonyl (C=O) groups excluding carboxylic acids is 1. The fraction of sp³-hybridized carbons (Fsp3) is 0.316. The zero-order chi connectivity index (χ0) is 15.9. The Morgan fingerprint density at radius 2 is 1.82 bits per heavy atom. The Morgan fingerprint density at radius 3 is 2.50 bits per heavy atom. The lowest BCUT2D eigenvalue weighted by Crippen LogP contribution is -2.12. The van der Waals surface area contributed by atoms with Crippen molar-refractivity contribution in [1.82, 2.24) is 0 Å². The molecule has 0 heterocycles. The van der Waals surface area contributed by atoms with E-state index in [1.54, 1.807) is 6.07 Å². The molecule has 0 fully saturated rings. The van der Waals surface area contributed by atoms with E-state index < -0.39 is 0 Å². The predicted molar refractivity (Wildman–Crippen MR) is 86.9 cm³/mol. The van der Waals surface area contributed by atoms with Crippen LogP contribution in [-0.2, 0) is 22.4 Å². The largest absolute Gasteiger partial charge is 0.508 e. The quantitative estimate of drug-likeness (QED) is 0.824. The monoisotopic (exact) mass is 298 g/mol. The highest BCUT2D eigenvalue weighted by Crippen LogP contribution is 2.25. The smallest absolute Gasteiger partial charge is 0.306 e. The summed E-state index contributed by atoms with van der Waals surface area (Å²) in [6.07, 6.45) is 1.39. The van der Waals surface area contributed by atoms with Crippen molar-refractivity contribution in [3.8, 4) is 5.75 Å². The number of esters is 1. The fourth-order valence-corrected chi connectivity index (χ4v) is 2.44. The van der Waals surface area contributed by atoms with Gasteiger partial charge in [-0.1, -0.05) is 42.5 Å². The van der Waals surface area contributed by atoms with Crippen molar-refractivity contribution in [2.75, 3.05) is 0 Å². The summed E-state index contributed by atoms with van der Waals surface area (Å²) in [4.78, 5) is 11.7. The summed E-state index contributed by atoms with van der Waals surface area (Å²) in [6, 6.07) is 15.6. The molecular formula is C19H22O3. The lowest BCUT2D eigenvalue weighted by Gasteiger charge is -2.12. The maximum atomic E-state index is 11.7. The maximum absolute atomic E-state index is 11.7. The highest BCUT2D eigenvalue weighted by molar-refractivity contribution is 5.70. The Hall–Kier alpha value is -2.29. The van der Waals surface area contributed by atoms with E-state index >= 15 is 0 Å². The number of rotatable bonds is 6. The number of hydrogen-bond acceptors (Lipinski definition) is 3. The summed E-state index contributed by atoms with van der Waals surface area (Å²) in [5.41, 5.74) is 3.05. The van der Waals surface area contributed by atoms with E-state index in [1.165, 1.54) is 5.56 Å². The summed E-state index contributed by atoms with van der Waals surface area (Å²) in [5.74, 6) is 0.00897. The van der Waals surface area contributed by atoms with Gasteiger partial charge in [-0.2, -0.15) is 0 Å². The fourth-order valence-electron chi connectivity index (χ4n) is 2.44. The lowest BCUT2D eigenvalue weighted by atomic mass is 9.96. The molecule has 1 N–H and O–H groups in total. The normalized spacial score (nSPS) is 10.7. The van der Waals surface area contributed by atoms with Crippen molar-refractivity contribution in [2.45, 2.75) is 39.2 Å². The number of carbonyl (C=O) groups is 1. The van der Waals surface area contributed by atoms with Crippen molar-refractivity contribution >= 4 is 5.97 Å². The molecule has 0 bridgehead atoms. The number of aromatic hydroxyl groups is 1. The Morgan fingerprint density at radius 1 is 1.09 bits per heavy atom. The van der Waals surface area contributed by atoms with Crippen molar-refractivity contribution in [1.29, 1.82) is 0 Å². The minimum absolute atomic E-state index is 0.111. The standard InChI is InChI=1S/C19H22O3/c1-14(2)22-19(21)12-11-17-16(9-6-10-18(17)20)13-15-7-4-3-5-8-15/h3-10,14,20H,11-13H2,1-2H3. The number of ether oxygens (including phenoxy) is 1. The third-order valence-electron chi connectivity index (χ3n) is 3.43. The molecular weight excluding hydrogens is 276 g/mol. The molecule has 0 atom stereocenters. The van der Waals surface area contributed by atoms with Gasteiger partial charge in [0.25, 0.3) is 0 Å². The van der Waals surface area contributed by atoms with Crippen molar-refractivity contribution in [2.24, 2.45) is 0 Å². The number of phenolic OH excluding ortho intramolecular Hbond substituents is 1. The van der Waals surface area contributed by atoms with E-state index in [0.717, 1.165) is 17.5 Å². The van der Waals surface area contributed by atoms with E-state index in [0.29, 0.717) is 6.42 Å². The third-order valence-corrected chi connectivity index (χ3v) is 3.43. The molecule has 0 aliphatic heterocycles. The highest BCUT2D eigenvalue weighted by atomic mass is 16.5. The van der Waals surface area contributed by atoms with Gasteiger partial charge in [-0.15, -0.1) is 0 Å². The van der Waals surface area contributed by atoms with Crippen LogP contribution in [-0.4, -0.2) is 17.2 Å². The summed E-state index contributed by atoms with van der Waals surface area (Å²) >= 11 is 0. The molecule has 2 aromatic rings. The van der Waals surface area contributed by atoms with Crippen LogP contribution in [0.2, 0.25) is 0 Å². The second-order valence-electron chi connectivity index (χ2n) is 5.62. The van der Waals surface area contributed by atoms with Crippen LogP contribution in [0.4, 0.5) is 0 Å². The number of phenols is 1. The first-order valence-corrected chi connectivity index (χ1v) is 7.59. The van der Waals surface area contributed by atoms with E-state index in [2.05, 4.69) is 12.1 Å². The Bertz CT molecular complexity index is 618. The Balaban J connectivity index is 2.11. The molecule has 3 heteroatoms. The second kappa shape index (κ2) is 7.64. The first-order valence-electron chi connectivity index (χ1n) is 7.59. The highest BCUT2D eigenvalue weighted by Gasteiger charge is 2.12. The van der Waals surface area contributed by atoms with Crippen LogP contribution in [0.15, 0.2) is 48.5 Å². The first-order chi connectivity index (χ1) is 10.6. The number of hydrogen-bond donors (Lipinski definition) is 1. The van der Waals surface area contributed by atoms with E-state index in [9.17, 15) is 9.90 Å². The van der Waals surface area contributed by atoms with Crippen LogP contribution in [0.5, 0.6) is 5.75 Å². The molecule has 0 saturated heterocycles. The average Bonchev–Trinajstić information content (AvgIpc) is 2.47. The van der Waals surface area contributed by atoms with Crippen LogP contribution in [0, 0.1) is 0 Å². The molecule has 2 rings (SSSR count). The van der Waals surface area contributed by atoms with Crippen molar-refractivity contribution in [3.05, 3.63) is 65.2 Å². The molecule has 2 aromatic carbocycles. The molecule has 0 amide bonds. The van der Waals surface area contributed by atoms with Crippen LogP contribution in [0.1, 0.15) is 37.0 Å². The van der Waals surface area contributed by atoms with Crippen molar-refractivity contribution in [3.63, 3.8) is 0 Å². The molecule has 3 nitrogen and oxygen atoms in total. The Kier molecular flexibility index (Phi) is 5.59. The first kappa shape index (κ1) is 16.1. The summed E-state index contributed by atoms with van der Waals surface area (Å²) in [6.45, 7) is 3.66. The van der Waals surface area contributed by atoms with Gasteiger partial charge in [0.1, 0.15) is 5.75 Å². The average molecular weight is 298 g/mol. The van der Waals surface area contributed by atoms with Gasteiger partial charge in [0.2, 0.25) is 0 Å². The second-order valence-corrected chi connectivity index (χ2v) is 5.62. The summed E-state index contributed by atoms with van der Waals surface area (Å²) in [7, 11) is 0. The van der Waals surface area contributed by atoms with Gasteiger partial charge in [-0.3, -0.25) is 4.79 Å². The number of benzene rings is 2. The molecule has 0 unspecified atom stereocenters. The van der Waals surface area contributed by atoms with Crippen molar-refractivity contribution < 1.29 is 14.6 Å². The molecule has 0 aromatic heterocycles. The molecule has 0 aliphatic rings. The minimum Gasteiger partial charge on any atom is -0.508 e. The zero-order valence-corrected chi connectivity index (χ0v) is 13.1. The van der Waals surface area contributed by atoms with E-state index in [-0.39, 0.29) is 24.2 Å². The van der Waals surface area contributed by atoms with E-state index in [4.69, 9.17) is 4.74 Å². The van der Waals surface area contributed by atoms with Gasteiger partial charge in [0, 0.05) is 6.42 Å². The summed E-state index contributed by atoms with van der Waals surface area (Å²) in [5, 5.41) is 10.1. The van der Waals surface area contributed by atoms with Crippen LogP contribution >= 0.6 is 0 Å². The third kappa shape index (κ3) is 4.62. The minimum atomic E-state index is -0.232. The SMILES string of the molecule is CC(C)OC(=O)CCc1c(O)cccc1Cc1ccccc1. The van der Waals surface area contributed by atoms with Crippen LogP contribution in [0.3, 0.4) is 0 Å². The van der Waals surface area contributed by atoms with Gasteiger partial charge in [-0.05, 0) is 49.4 Å². The molecule has 0 saturated carbocycles. The topological polar surface area (TPSA) is 46.5 Å². The molecule has 0 radical (unpaired) electrons. The zero-order valence-electron chi connectivity index (χ0n) is 13.1. The van der Waals surface area contributed by atoms with Gasteiger partial charge < -0.3 is 9.84 Å². The maximum Gasteiger partial charge on any atom is 0.306 e. The molecule has 0 aliphatic carbocycles. The van der Waals surface area contributed by atoms with Gasteiger partial charge >= 0.3 is 5.97 Å². The lowest BCUT2D eigenvalue weighted by molar-refractivity contribution is -0.147.